The maximum atomic E-state index is 12.9. The van der Waals surface area contributed by atoms with Gasteiger partial charge in [0.2, 0.25) is 11.1 Å². The molecule has 0 bridgehead atoms. The molecule has 1 atom stereocenters. The summed E-state index contributed by atoms with van der Waals surface area (Å²) in [5, 5.41) is 14.9. The van der Waals surface area contributed by atoms with Crippen molar-refractivity contribution in [2.24, 2.45) is 0 Å². The molecule has 1 N–H and O–H groups in total. The van der Waals surface area contributed by atoms with Gasteiger partial charge in [0.1, 0.15) is 5.82 Å². The molecule has 0 saturated heterocycles. The van der Waals surface area contributed by atoms with Crippen molar-refractivity contribution in [3.05, 3.63) is 59.4 Å². The average molecular weight is 378 g/mol. The Kier molecular flexibility index (Phi) is 5.30. The average Bonchev–Trinajstić information content (AvgIpc) is 3.05. The van der Waals surface area contributed by atoms with Crippen molar-refractivity contribution in [3.63, 3.8) is 0 Å². The quantitative estimate of drug-likeness (QED) is 0.688. The van der Waals surface area contributed by atoms with Gasteiger partial charge in [0.15, 0.2) is 0 Å². The van der Waals surface area contributed by atoms with Crippen LogP contribution in [0.4, 0.5) is 10.1 Å². The molecule has 2 aromatic carbocycles. The fraction of sp³-hybridized carbons (Fsp3) is 0.125. The number of carbonyl (C=O) groups is 1. The first-order valence-electron chi connectivity index (χ1n) is 7.30. The third-order valence-corrected chi connectivity index (χ3v) is 4.56. The summed E-state index contributed by atoms with van der Waals surface area (Å²) in [7, 11) is 0. The maximum Gasteiger partial charge on any atom is 0.237 e. The molecule has 0 aliphatic heterocycles. The number of rotatable bonds is 5. The summed E-state index contributed by atoms with van der Waals surface area (Å²) in [6.45, 7) is 1.74. The second-order valence-corrected chi connectivity index (χ2v) is 6.85. The van der Waals surface area contributed by atoms with E-state index in [-0.39, 0.29) is 11.7 Å². The van der Waals surface area contributed by atoms with Gasteiger partial charge in [-0.25, -0.2) is 4.39 Å². The molecule has 128 valence electrons. The standard InChI is InChI=1S/C16H13ClFN5OS/c1-10(15(24)19-13-6-4-12(18)5-7-13)25-16-20-21-22-23(16)14-8-2-11(17)3-9-14/h2-10H,1H3,(H,19,24)/t10-/m1/s1. The van der Waals surface area contributed by atoms with E-state index in [1.54, 1.807) is 31.2 Å². The number of hydrogen-bond acceptors (Lipinski definition) is 5. The van der Waals surface area contributed by atoms with Crippen molar-refractivity contribution >= 4 is 35.0 Å². The summed E-state index contributed by atoms with van der Waals surface area (Å²) in [5.41, 5.74) is 1.26. The minimum Gasteiger partial charge on any atom is -0.325 e. The van der Waals surface area contributed by atoms with E-state index in [9.17, 15) is 9.18 Å². The minimum atomic E-state index is -0.456. The van der Waals surface area contributed by atoms with E-state index in [4.69, 9.17) is 11.6 Å². The highest BCUT2D eigenvalue weighted by Crippen LogP contribution is 2.24. The highest BCUT2D eigenvalue weighted by molar-refractivity contribution is 8.00. The Balaban J connectivity index is 1.70. The van der Waals surface area contributed by atoms with Gasteiger partial charge >= 0.3 is 0 Å². The number of carbonyl (C=O) groups excluding carboxylic acids is 1. The minimum absolute atomic E-state index is 0.234. The summed E-state index contributed by atoms with van der Waals surface area (Å²) in [6.07, 6.45) is 0. The van der Waals surface area contributed by atoms with Gasteiger partial charge in [-0.3, -0.25) is 4.79 Å². The van der Waals surface area contributed by atoms with Gasteiger partial charge < -0.3 is 5.32 Å². The lowest BCUT2D eigenvalue weighted by atomic mass is 10.3. The second-order valence-electron chi connectivity index (χ2n) is 5.11. The molecule has 0 fully saturated rings. The molecule has 0 unspecified atom stereocenters. The molecule has 1 heterocycles. The van der Waals surface area contributed by atoms with E-state index in [1.165, 1.54) is 40.7 Å². The lowest BCUT2D eigenvalue weighted by Gasteiger charge is -2.11. The van der Waals surface area contributed by atoms with E-state index in [0.29, 0.717) is 15.9 Å². The molecule has 9 heteroatoms. The van der Waals surface area contributed by atoms with E-state index in [2.05, 4.69) is 20.8 Å². The topological polar surface area (TPSA) is 72.7 Å². The summed E-state index contributed by atoms with van der Waals surface area (Å²) < 4.78 is 14.4. The summed E-state index contributed by atoms with van der Waals surface area (Å²) in [5.74, 6) is -0.593. The number of benzene rings is 2. The summed E-state index contributed by atoms with van der Waals surface area (Å²) >= 11 is 7.10. The van der Waals surface area contributed by atoms with Crippen LogP contribution in [0.25, 0.3) is 5.69 Å². The van der Waals surface area contributed by atoms with Gasteiger partial charge in [0.05, 0.1) is 10.9 Å². The van der Waals surface area contributed by atoms with Gasteiger partial charge in [0, 0.05) is 10.7 Å². The van der Waals surface area contributed by atoms with Crippen molar-refractivity contribution < 1.29 is 9.18 Å². The van der Waals surface area contributed by atoms with Gasteiger partial charge in [-0.2, -0.15) is 4.68 Å². The Labute approximate surface area is 152 Å². The lowest BCUT2D eigenvalue weighted by Crippen LogP contribution is -2.22. The fourth-order valence-corrected chi connectivity index (χ4v) is 2.92. The maximum absolute atomic E-state index is 12.9. The molecule has 1 amide bonds. The number of anilines is 1. The molecule has 25 heavy (non-hydrogen) atoms. The molecule has 3 aromatic rings. The second kappa shape index (κ2) is 7.62. The van der Waals surface area contributed by atoms with Crippen molar-refractivity contribution in [3.8, 4) is 5.69 Å². The molecule has 0 spiro atoms. The van der Waals surface area contributed by atoms with Crippen molar-refractivity contribution in [1.82, 2.24) is 20.2 Å². The van der Waals surface area contributed by atoms with E-state index < -0.39 is 5.25 Å². The zero-order valence-electron chi connectivity index (χ0n) is 13.1. The first kappa shape index (κ1) is 17.4. The zero-order chi connectivity index (χ0) is 17.8. The number of nitrogens with zero attached hydrogens (tertiary/aromatic N) is 4. The third-order valence-electron chi connectivity index (χ3n) is 3.28. The largest absolute Gasteiger partial charge is 0.325 e. The van der Waals surface area contributed by atoms with Crippen molar-refractivity contribution in [2.45, 2.75) is 17.3 Å². The molecule has 0 radical (unpaired) electrons. The van der Waals surface area contributed by atoms with Crippen molar-refractivity contribution in [2.75, 3.05) is 5.32 Å². The predicted octanol–water partition coefficient (Wildman–Crippen LogP) is 3.57. The van der Waals surface area contributed by atoms with Crippen LogP contribution in [0.3, 0.4) is 0 Å². The Bertz CT molecular complexity index is 869. The summed E-state index contributed by atoms with van der Waals surface area (Å²) in [6, 6.07) is 12.6. The number of thioether (sulfide) groups is 1. The van der Waals surface area contributed by atoms with E-state index in [0.717, 1.165) is 5.69 Å². The monoisotopic (exact) mass is 377 g/mol. The van der Waals surface area contributed by atoms with Crippen LogP contribution in [0.2, 0.25) is 5.02 Å². The molecule has 0 aliphatic carbocycles. The normalized spacial score (nSPS) is 12.0. The van der Waals surface area contributed by atoms with Crippen LogP contribution in [-0.4, -0.2) is 31.4 Å². The van der Waals surface area contributed by atoms with E-state index >= 15 is 0 Å². The van der Waals surface area contributed by atoms with Crippen LogP contribution in [-0.2, 0) is 4.79 Å². The van der Waals surface area contributed by atoms with Gasteiger partial charge in [-0.15, -0.1) is 5.10 Å². The van der Waals surface area contributed by atoms with Gasteiger partial charge in [-0.1, -0.05) is 23.4 Å². The smallest absolute Gasteiger partial charge is 0.237 e. The van der Waals surface area contributed by atoms with E-state index in [1.807, 2.05) is 0 Å². The van der Waals surface area contributed by atoms with Crippen LogP contribution >= 0.6 is 23.4 Å². The van der Waals surface area contributed by atoms with Gasteiger partial charge in [-0.05, 0) is 65.9 Å². The number of tetrazole rings is 1. The summed E-state index contributed by atoms with van der Waals surface area (Å²) in [4.78, 5) is 12.3. The zero-order valence-corrected chi connectivity index (χ0v) is 14.6. The first-order valence-corrected chi connectivity index (χ1v) is 8.56. The number of hydrogen-bond donors (Lipinski definition) is 1. The van der Waals surface area contributed by atoms with Crippen LogP contribution in [0.1, 0.15) is 6.92 Å². The molecular formula is C16H13ClFN5OS. The SMILES string of the molecule is C[C@@H](Sc1nnnn1-c1ccc(Cl)cc1)C(=O)Nc1ccc(F)cc1. The predicted molar refractivity (Wildman–Crippen MR) is 94.5 cm³/mol. The van der Waals surface area contributed by atoms with Crippen LogP contribution in [0.15, 0.2) is 53.7 Å². The number of aromatic nitrogens is 4. The molecule has 1 aromatic heterocycles. The highest BCUT2D eigenvalue weighted by atomic mass is 35.5. The lowest BCUT2D eigenvalue weighted by molar-refractivity contribution is -0.115. The third kappa shape index (κ3) is 4.34. The molecule has 3 rings (SSSR count). The number of halogens is 2. The van der Waals surface area contributed by atoms with Crippen LogP contribution in [0, 0.1) is 5.82 Å². The Hall–Kier alpha value is -2.45. The Morgan fingerprint density at radius 3 is 2.56 bits per heavy atom. The van der Waals surface area contributed by atoms with Crippen LogP contribution < -0.4 is 5.32 Å². The van der Waals surface area contributed by atoms with Crippen molar-refractivity contribution in [1.29, 1.82) is 0 Å². The molecule has 6 nitrogen and oxygen atoms in total. The molecule has 0 saturated carbocycles. The Morgan fingerprint density at radius 1 is 1.20 bits per heavy atom. The van der Waals surface area contributed by atoms with Crippen LogP contribution in [0.5, 0.6) is 0 Å². The fourth-order valence-electron chi connectivity index (χ4n) is 1.99. The Morgan fingerprint density at radius 2 is 1.88 bits per heavy atom. The molecular weight excluding hydrogens is 365 g/mol. The van der Waals surface area contributed by atoms with Gasteiger partial charge in [0.25, 0.3) is 0 Å². The number of nitrogens with one attached hydrogen (secondary N) is 1. The molecule has 0 aliphatic rings. The number of amides is 1. The first-order chi connectivity index (χ1) is 12.0. The highest BCUT2D eigenvalue weighted by Gasteiger charge is 2.19.